The van der Waals surface area contributed by atoms with E-state index in [9.17, 15) is 4.79 Å². The molecule has 5 nitrogen and oxygen atoms in total. The highest BCUT2D eigenvalue weighted by atomic mass is 16.5. The number of carbonyl (C=O) groups excluding carboxylic acids is 1. The Hall–Kier alpha value is -1.62. The van der Waals surface area contributed by atoms with Crippen molar-refractivity contribution in [1.29, 1.82) is 0 Å². The van der Waals surface area contributed by atoms with Gasteiger partial charge >= 0.3 is 0 Å². The molecule has 2 heterocycles. The first-order valence-electron chi connectivity index (χ1n) is 7.26. The number of rotatable bonds is 5. The van der Waals surface area contributed by atoms with Crippen molar-refractivity contribution in [3.63, 3.8) is 0 Å². The predicted molar refractivity (Wildman–Crippen MR) is 77.4 cm³/mol. The smallest absolute Gasteiger partial charge is 0.224 e. The molecule has 1 saturated heterocycles. The van der Waals surface area contributed by atoms with Crippen LogP contribution in [-0.2, 0) is 11.3 Å². The Kier molecular flexibility index (Phi) is 5.35. The minimum atomic E-state index is 0.0712. The molecular formula is C15H23N3O2. The van der Waals surface area contributed by atoms with Crippen LogP contribution in [0.1, 0.15) is 32.3 Å². The van der Waals surface area contributed by atoms with Gasteiger partial charge in [-0.1, -0.05) is 6.07 Å². The van der Waals surface area contributed by atoms with Crippen LogP contribution in [0.15, 0.2) is 18.3 Å². The van der Waals surface area contributed by atoms with Crippen LogP contribution in [0.3, 0.4) is 0 Å². The summed E-state index contributed by atoms with van der Waals surface area (Å²) in [4.78, 5) is 16.3. The Morgan fingerprint density at radius 1 is 1.60 bits per heavy atom. The molecule has 0 saturated carbocycles. The van der Waals surface area contributed by atoms with Gasteiger partial charge in [-0.05, 0) is 39.3 Å². The van der Waals surface area contributed by atoms with Crippen LogP contribution in [0, 0.1) is 5.92 Å². The van der Waals surface area contributed by atoms with Crippen molar-refractivity contribution < 1.29 is 9.53 Å². The summed E-state index contributed by atoms with van der Waals surface area (Å²) in [7, 11) is 0. The fraction of sp³-hybridized carbons (Fsp3) is 0.600. The number of pyridine rings is 1. The third-order valence-corrected chi connectivity index (χ3v) is 3.32. The van der Waals surface area contributed by atoms with Crippen LogP contribution in [0.4, 0.5) is 0 Å². The van der Waals surface area contributed by atoms with Crippen molar-refractivity contribution in [3.05, 3.63) is 23.9 Å². The van der Waals surface area contributed by atoms with Gasteiger partial charge in [0.25, 0.3) is 0 Å². The van der Waals surface area contributed by atoms with Crippen LogP contribution in [0.25, 0.3) is 0 Å². The zero-order chi connectivity index (χ0) is 14.4. The van der Waals surface area contributed by atoms with E-state index in [2.05, 4.69) is 15.6 Å². The zero-order valence-electron chi connectivity index (χ0n) is 12.2. The minimum Gasteiger partial charge on any atom is -0.475 e. The van der Waals surface area contributed by atoms with Crippen molar-refractivity contribution in [2.24, 2.45) is 5.92 Å². The molecule has 0 aliphatic carbocycles. The summed E-state index contributed by atoms with van der Waals surface area (Å²) in [6.45, 7) is 6.17. The Labute approximate surface area is 120 Å². The first kappa shape index (κ1) is 14.8. The molecule has 1 aliphatic rings. The van der Waals surface area contributed by atoms with Gasteiger partial charge in [0.1, 0.15) is 0 Å². The van der Waals surface area contributed by atoms with E-state index in [0.29, 0.717) is 12.4 Å². The highest BCUT2D eigenvalue weighted by Gasteiger charge is 2.20. The lowest BCUT2D eigenvalue weighted by Crippen LogP contribution is -2.40. The maximum Gasteiger partial charge on any atom is 0.224 e. The molecule has 1 aromatic heterocycles. The molecule has 1 amide bonds. The molecule has 110 valence electrons. The Bertz CT molecular complexity index is 442. The van der Waals surface area contributed by atoms with Crippen LogP contribution >= 0.6 is 0 Å². The topological polar surface area (TPSA) is 63.2 Å². The molecule has 20 heavy (non-hydrogen) atoms. The van der Waals surface area contributed by atoms with Crippen molar-refractivity contribution in [2.45, 2.75) is 39.3 Å². The normalized spacial score (nSPS) is 18.9. The van der Waals surface area contributed by atoms with Gasteiger partial charge in [-0.15, -0.1) is 0 Å². The number of amides is 1. The quantitative estimate of drug-likeness (QED) is 0.856. The van der Waals surface area contributed by atoms with Crippen LogP contribution in [0.5, 0.6) is 5.88 Å². The van der Waals surface area contributed by atoms with Crippen LogP contribution in [-0.4, -0.2) is 30.1 Å². The van der Waals surface area contributed by atoms with Crippen molar-refractivity contribution >= 4 is 5.91 Å². The molecule has 1 aromatic rings. The molecule has 1 fully saturated rings. The maximum absolute atomic E-state index is 12.1. The summed E-state index contributed by atoms with van der Waals surface area (Å²) >= 11 is 0. The van der Waals surface area contributed by atoms with Gasteiger partial charge in [0.2, 0.25) is 11.8 Å². The summed E-state index contributed by atoms with van der Waals surface area (Å²) < 4.78 is 5.65. The molecule has 0 radical (unpaired) electrons. The number of nitrogens with zero attached hydrogens (tertiary/aromatic N) is 1. The number of hydrogen-bond donors (Lipinski definition) is 2. The van der Waals surface area contributed by atoms with Crippen molar-refractivity contribution in [1.82, 2.24) is 15.6 Å². The zero-order valence-corrected chi connectivity index (χ0v) is 12.2. The van der Waals surface area contributed by atoms with Crippen LogP contribution < -0.4 is 15.4 Å². The lowest BCUT2D eigenvalue weighted by atomic mass is 9.99. The number of nitrogens with one attached hydrogen (secondary N) is 2. The van der Waals surface area contributed by atoms with E-state index < -0.39 is 0 Å². The van der Waals surface area contributed by atoms with E-state index >= 15 is 0 Å². The summed E-state index contributed by atoms with van der Waals surface area (Å²) in [5.41, 5.74) is 0.915. The van der Waals surface area contributed by atoms with Gasteiger partial charge in [-0.25, -0.2) is 4.98 Å². The average molecular weight is 277 g/mol. The number of piperidine rings is 1. The second-order valence-electron chi connectivity index (χ2n) is 5.40. The van der Waals surface area contributed by atoms with E-state index in [0.717, 1.165) is 31.5 Å². The standard InChI is InChI=1S/C15H23N3O2/c1-11(2)20-15-13(6-4-8-17-15)10-18-14(19)12-5-3-7-16-9-12/h4,6,8,11-12,16H,3,5,7,9-10H2,1-2H3,(H,18,19). The molecule has 1 aliphatic heterocycles. The highest BCUT2D eigenvalue weighted by Crippen LogP contribution is 2.16. The maximum atomic E-state index is 12.1. The first-order valence-corrected chi connectivity index (χ1v) is 7.26. The summed E-state index contributed by atoms with van der Waals surface area (Å²) in [5, 5.41) is 6.24. The molecule has 1 unspecified atom stereocenters. The molecule has 2 N–H and O–H groups in total. The third-order valence-electron chi connectivity index (χ3n) is 3.32. The van der Waals surface area contributed by atoms with Gasteiger partial charge in [-0.2, -0.15) is 0 Å². The second kappa shape index (κ2) is 7.24. The van der Waals surface area contributed by atoms with Gasteiger partial charge in [0, 0.05) is 24.8 Å². The second-order valence-corrected chi connectivity index (χ2v) is 5.40. The lowest BCUT2D eigenvalue weighted by molar-refractivity contribution is -0.125. The van der Waals surface area contributed by atoms with Crippen LogP contribution in [0.2, 0.25) is 0 Å². The number of aromatic nitrogens is 1. The summed E-state index contributed by atoms with van der Waals surface area (Å²) in [5.74, 6) is 0.788. The van der Waals surface area contributed by atoms with E-state index in [-0.39, 0.29) is 17.9 Å². The van der Waals surface area contributed by atoms with E-state index in [1.165, 1.54) is 0 Å². The first-order chi connectivity index (χ1) is 9.66. The predicted octanol–water partition coefficient (Wildman–Crippen LogP) is 1.48. The largest absolute Gasteiger partial charge is 0.475 e. The Morgan fingerprint density at radius 3 is 3.15 bits per heavy atom. The monoisotopic (exact) mass is 277 g/mol. The van der Waals surface area contributed by atoms with E-state index in [4.69, 9.17) is 4.74 Å². The molecule has 1 atom stereocenters. The SMILES string of the molecule is CC(C)Oc1ncccc1CNC(=O)C1CCCNC1. The number of carbonyl (C=O) groups is 1. The molecule has 2 rings (SSSR count). The molecule has 0 bridgehead atoms. The van der Waals surface area contributed by atoms with E-state index in [1.54, 1.807) is 6.20 Å². The molecule has 5 heteroatoms. The Morgan fingerprint density at radius 2 is 2.45 bits per heavy atom. The third kappa shape index (κ3) is 4.20. The summed E-state index contributed by atoms with van der Waals surface area (Å²) in [6, 6.07) is 3.79. The van der Waals surface area contributed by atoms with Gasteiger partial charge < -0.3 is 15.4 Å². The number of hydrogen-bond acceptors (Lipinski definition) is 4. The van der Waals surface area contributed by atoms with Crippen molar-refractivity contribution in [2.75, 3.05) is 13.1 Å². The molecular weight excluding hydrogens is 254 g/mol. The number of ether oxygens (including phenoxy) is 1. The fourth-order valence-corrected chi connectivity index (χ4v) is 2.29. The average Bonchev–Trinajstić information content (AvgIpc) is 2.46. The van der Waals surface area contributed by atoms with Gasteiger partial charge in [0.05, 0.1) is 12.0 Å². The van der Waals surface area contributed by atoms with Crippen molar-refractivity contribution in [3.8, 4) is 5.88 Å². The van der Waals surface area contributed by atoms with E-state index in [1.807, 2.05) is 26.0 Å². The fourth-order valence-electron chi connectivity index (χ4n) is 2.29. The lowest BCUT2D eigenvalue weighted by Gasteiger charge is -2.22. The highest BCUT2D eigenvalue weighted by molar-refractivity contribution is 5.79. The van der Waals surface area contributed by atoms with Gasteiger partial charge in [0.15, 0.2) is 0 Å². The molecule has 0 aromatic carbocycles. The summed E-state index contributed by atoms with van der Waals surface area (Å²) in [6.07, 6.45) is 3.80. The van der Waals surface area contributed by atoms with Gasteiger partial charge in [-0.3, -0.25) is 4.79 Å². The molecule has 0 spiro atoms. The Balaban J connectivity index is 1.91. The minimum absolute atomic E-state index is 0.0712.